The van der Waals surface area contributed by atoms with Crippen LogP contribution in [0.1, 0.15) is 40.0 Å². The summed E-state index contributed by atoms with van der Waals surface area (Å²) in [6.45, 7) is 6.17. The highest BCUT2D eigenvalue weighted by molar-refractivity contribution is 8.00. The molecule has 134 valence electrons. The minimum Gasteiger partial charge on any atom is -0.336 e. The lowest BCUT2D eigenvalue weighted by Gasteiger charge is -2.40. The topological polar surface area (TPSA) is 63.9 Å². The molecule has 1 aromatic heterocycles. The van der Waals surface area contributed by atoms with Gasteiger partial charge in [0.25, 0.3) is 0 Å². The molecule has 3 atom stereocenters. The number of benzene rings is 1. The molecule has 1 aromatic carbocycles. The molecule has 1 amide bonds. The number of carbonyl (C=O) groups is 1. The number of rotatable bonds is 4. The third-order valence-electron chi connectivity index (χ3n) is 4.59. The Morgan fingerprint density at radius 2 is 1.88 bits per heavy atom. The van der Waals surface area contributed by atoms with Crippen molar-refractivity contribution < 1.29 is 4.79 Å². The maximum atomic E-state index is 12.9. The first-order valence-electron chi connectivity index (χ1n) is 8.50. The number of likely N-dealkylation sites (tertiary alicyclic amines) is 1. The third-order valence-corrected chi connectivity index (χ3v) is 5.86. The monoisotopic (exact) mass is 379 g/mol. The maximum absolute atomic E-state index is 12.9. The second-order valence-corrected chi connectivity index (χ2v) is 8.23. The fraction of sp³-hybridized carbons (Fsp3) is 0.529. The van der Waals surface area contributed by atoms with E-state index in [0.29, 0.717) is 10.2 Å². The van der Waals surface area contributed by atoms with E-state index in [4.69, 9.17) is 11.6 Å². The van der Waals surface area contributed by atoms with Crippen LogP contribution in [0.4, 0.5) is 0 Å². The van der Waals surface area contributed by atoms with Gasteiger partial charge in [-0.1, -0.05) is 23.4 Å². The zero-order valence-electron chi connectivity index (χ0n) is 14.6. The summed E-state index contributed by atoms with van der Waals surface area (Å²) >= 11 is 7.32. The molecule has 1 aliphatic heterocycles. The molecule has 0 saturated carbocycles. The summed E-state index contributed by atoms with van der Waals surface area (Å²) in [7, 11) is 0. The third kappa shape index (κ3) is 3.98. The van der Waals surface area contributed by atoms with Crippen LogP contribution in [0.3, 0.4) is 0 Å². The Bertz CT molecular complexity index is 725. The van der Waals surface area contributed by atoms with E-state index in [0.717, 1.165) is 18.5 Å². The number of carbonyl (C=O) groups excluding carboxylic acids is 1. The van der Waals surface area contributed by atoms with E-state index in [-0.39, 0.29) is 23.2 Å². The summed E-state index contributed by atoms with van der Waals surface area (Å²) in [6.07, 6.45) is 3.31. The molecular weight excluding hydrogens is 358 g/mol. The summed E-state index contributed by atoms with van der Waals surface area (Å²) < 4.78 is 1.63. The highest BCUT2D eigenvalue weighted by Gasteiger charge is 2.32. The van der Waals surface area contributed by atoms with Gasteiger partial charge in [-0.2, -0.15) is 4.68 Å². The quantitative estimate of drug-likeness (QED) is 0.759. The van der Waals surface area contributed by atoms with Gasteiger partial charge < -0.3 is 4.90 Å². The van der Waals surface area contributed by atoms with Gasteiger partial charge in [0.1, 0.15) is 0 Å². The molecule has 1 saturated heterocycles. The second kappa shape index (κ2) is 7.74. The molecule has 1 fully saturated rings. The van der Waals surface area contributed by atoms with E-state index in [2.05, 4.69) is 29.4 Å². The van der Waals surface area contributed by atoms with Gasteiger partial charge in [0, 0.05) is 17.1 Å². The van der Waals surface area contributed by atoms with Crippen LogP contribution in [-0.2, 0) is 4.79 Å². The van der Waals surface area contributed by atoms with Crippen molar-refractivity contribution in [1.82, 2.24) is 25.1 Å². The van der Waals surface area contributed by atoms with E-state index < -0.39 is 0 Å². The molecule has 0 aliphatic carbocycles. The molecule has 0 spiro atoms. The van der Waals surface area contributed by atoms with Crippen molar-refractivity contribution in [3.05, 3.63) is 29.3 Å². The first-order valence-corrected chi connectivity index (χ1v) is 9.76. The van der Waals surface area contributed by atoms with Gasteiger partial charge in [-0.05, 0) is 74.7 Å². The SMILES string of the molecule is CC(Sc1nnnn1-c1ccc(Cl)cc1)C(=O)N1C(C)CCCC1C. The van der Waals surface area contributed by atoms with Crippen LogP contribution in [0.5, 0.6) is 0 Å². The van der Waals surface area contributed by atoms with E-state index in [1.54, 1.807) is 16.8 Å². The van der Waals surface area contributed by atoms with E-state index in [9.17, 15) is 4.79 Å². The molecular formula is C17H22ClN5OS. The Kier molecular flexibility index (Phi) is 5.64. The van der Waals surface area contributed by atoms with Crippen molar-refractivity contribution in [3.8, 4) is 5.69 Å². The van der Waals surface area contributed by atoms with Gasteiger partial charge >= 0.3 is 0 Å². The zero-order valence-corrected chi connectivity index (χ0v) is 16.2. The Morgan fingerprint density at radius 1 is 1.24 bits per heavy atom. The van der Waals surface area contributed by atoms with Crippen molar-refractivity contribution >= 4 is 29.3 Å². The molecule has 0 N–H and O–H groups in total. The summed E-state index contributed by atoms with van der Waals surface area (Å²) in [4.78, 5) is 15.0. The highest BCUT2D eigenvalue weighted by Crippen LogP contribution is 2.29. The Morgan fingerprint density at radius 3 is 2.52 bits per heavy atom. The maximum Gasteiger partial charge on any atom is 0.236 e. The summed E-state index contributed by atoms with van der Waals surface area (Å²) in [5, 5.41) is 12.9. The highest BCUT2D eigenvalue weighted by atomic mass is 35.5. The number of nitrogens with zero attached hydrogens (tertiary/aromatic N) is 5. The van der Waals surface area contributed by atoms with Gasteiger partial charge in [-0.3, -0.25) is 4.79 Å². The normalized spacial score (nSPS) is 22.0. The van der Waals surface area contributed by atoms with Crippen LogP contribution in [0.25, 0.3) is 5.69 Å². The molecule has 25 heavy (non-hydrogen) atoms. The lowest BCUT2D eigenvalue weighted by molar-refractivity contribution is -0.136. The average Bonchev–Trinajstić information content (AvgIpc) is 3.03. The first-order chi connectivity index (χ1) is 12.0. The number of thioether (sulfide) groups is 1. The number of hydrogen-bond donors (Lipinski definition) is 0. The standard InChI is InChI=1S/C17H22ClN5OS/c1-11-5-4-6-12(2)22(11)16(24)13(3)25-17-19-20-21-23(17)15-9-7-14(18)8-10-15/h7-13H,4-6H2,1-3H3. The molecule has 3 unspecified atom stereocenters. The average molecular weight is 380 g/mol. The lowest BCUT2D eigenvalue weighted by Crippen LogP contribution is -2.50. The molecule has 6 nitrogen and oxygen atoms in total. The second-order valence-electron chi connectivity index (χ2n) is 6.48. The molecule has 8 heteroatoms. The summed E-state index contributed by atoms with van der Waals surface area (Å²) in [6, 6.07) is 7.85. The Labute approximate surface area is 156 Å². The smallest absolute Gasteiger partial charge is 0.236 e. The Hall–Kier alpha value is -1.60. The predicted octanol–water partition coefficient (Wildman–Crippen LogP) is 3.59. The van der Waals surface area contributed by atoms with Gasteiger partial charge in [0.05, 0.1) is 10.9 Å². The van der Waals surface area contributed by atoms with Crippen molar-refractivity contribution in [2.75, 3.05) is 0 Å². The van der Waals surface area contributed by atoms with Crippen LogP contribution in [0.15, 0.2) is 29.4 Å². The minimum absolute atomic E-state index is 0.148. The number of amides is 1. The van der Waals surface area contributed by atoms with Crippen molar-refractivity contribution in [3.63, 3.8) is 0 Å². The van der Waals surface area contributed by atoms with Gasteiger partial charge in [-0.15, -0.1) is 5.10 Å². The number of piperidine rings is 1. The minimum atomic E-state index is -0.250. The number of halogens is 1. The Balaban J connectivity index is 1.75. The number of tetrazole rings is 1. The van der Waals surface area contributed by atoms with Crippen LogP contribution < -0.4 is 0 Å². The van der Waals surface area contributed by atoms with Gasteiger partial charge in [0.2, 0.25) is 11.1 Å². The van der Waals surface area contributed by atoms with Crippen LogP contribution in [0.2, 0.25) is 5.02 Å². The first kappa shape index (κ1) is 18.2. The molecule has 3 rings (SSSR count). The molecule has 0 bridgehead atoms. The number of aromatic nitrogens is 4. The van der Waals surface area contributed by atoms with Crippen molar-refractivity contribution in [2.24, 2.45) is 0 Å². The fourth-order valence-corrected chi connectivity index (χ4v) is 4.26. The lowest BCUT2D eigenvalue weighted by atomic mass is 9.97. The predicted molar refractivity (Wildman–Crippen MR) is 99.1 cm³/mol. The number of hydrogen-bond acceptors (Lipinski definition) is 5. The van der Waals surface area contributed by atoms with E-state index >= 15 is 0 Å². The molecule has 0 radical (unpaired) electrons. The van der Waals surface area contributed by atoms with Crippen LogP contribution in [0, 0.1) is 0 Å². The van der Waals surface area contributed by atoms with Gasteiger partial charge in [-0.25, -0.2) is 0 Å². The summed E-state index contributed by atoms with van der Waals surface area (Å²) in [5.74, 6) is 0.148. The van der Waals surface area contributed by atoms with Crippen molar-refractivity contribution in [1.29, 1.82) is 0 Å². The van der Waals surface area contributed by atoms with E-state index in [1.807, 2.05) is 24.0 Å². The van der Waals surface area contributed by atoms with Gasteiger partial charge in [0.15, 0.2) is 0 Å². The largest absolute Gasteiger partial charge is 0.336 e. The summed E-state index contributed by atoms with van der Waals surface area (Å²) in [5.41, 5.74) is 0.816. The fourth-order valence-electron chi connectivity index (χ4n) is 3.27. The van der Waals surface area contributed by atoms with Crippen molar-refractivity contribution in [2.45, 2.75) is 62.5 Å². The van der Waals surface area contributed by atoms with Crippen LogP contribution in [-0.4, -0.2) is 48.3 Å². The van der Waals surface area contributed by atoms with E-state index in [1.165, 1.54) is 18.2 Å². The zero-order chi connectivity index (χ0) is 18.0. The molecule has 2 aromatic rings. The molecule has 2 heterocycles. The molecule has 1 aliphatic rings. The van der Waals surface area contributed by atoms with Crippen LogP contribution >= 0.6 is 23.4 Å².